The number of carbonyl (C=O) groups is 1. The van der Waals surface area contributed by atoms with Crippen molar-refractivity contribution in [2.75, 3.05) is 0 Å². The minimum Gasteiger partial charge on any atom is -0.481 e. The van der Waals surface area contributed by atoms with Crippen LogP contribution in [0.15, 0.2) is 18.2 Å². The van der Waals surface area contributed by atoms with E-state index in [-0.39, 0.29) is 5.82 Å². The molecule has 1 N–H and O–H groups in total. The first kappa shape index (κ1) is 9.89. The average molecular weight is 306 g/mol. The third kappa shape index (κ3) is 1.41. The number of aliphatic carboxylic acids is 1. The lowest BCUT2D eigenvalue weighted by molar-refractivity contribution is -0.140. The second kappa shape index (κ2) is 3.18. The Balaban J connectivity index is 2.51. The summed E-state index contributed by atoms with van der Waals surface area (Å²) in [5.41, 5.74) is -0.191. The van der Waals surface area contributed by atoms with Crippen LogP contribution in [0.4, 0.5) is 4.39 Å². The van der Waals surface area contributed by atoms with E-state index < -0.39 is 11.4 Å². The molecule has 0 atom stereocenters. The molecule has 1 fully saturated rings. The Kier molecular flexibility index (Phi) is 2.25. The topological polar surface area (TPSA) is 37.3 Å². The highest BCUT2D eigenvalue weighted by Gasteiger charge is 2.52. The smallest absolute Gasteiger partial charge is 0.314 e. The Morgan fingerprint density at radius 1 is 1.50 bits per heavy atom. The molecular weight excluding hydrogens is 298 g/mol. The molecule has 0 aliphatic heterocycles. The number of hydrogen-bond donors (Lipinski definition) is 1. The fraction of sp³-hybridized carbons (Fsp3) is 0.300. The molecule has 0 bridgehead atoms. The number of benzene rings is 1. The highest BCUT2D eigenvalue weighted by Crippen LogP contribution is 2.49. The molecule has 0 spiro atoms. The maximum absolute atomic E-state index is 13.0. The molecule has 1 saturated carbocycles. The molecule has 2 rings (SSSR count). The van der Waals surface area contributed by atoms with E-state index in [1.54, 1.807) is 6.07 Å². The maximum Gasteiger partial charge on any atom is 0.314 e. The van der Waals surface area contributed by atoms with Crippen LogP contribution in [0.25, 0.3) is 0 Å². The number of carboxylic acids is 1. The van der Waals surface area contributed by atoms with E-state index in [0.717, 1.165) is 3.57 Å². The fourth-order valence-electron chi connectivity index (χ4n) is 1.59. The zero-order chi connectivity index (χ0) is 10.3. The van der Waals surface area contributed by atoms with E-state index in [9.17, 15) is 9.18 Å². The number of halogens is 2. The van der Waals surface area contributed by atoms with Crippen LogP contribution >= 0.6 is 22.6 Å². The van der Waals surface area contributed by atoms with Gasteiger partial charge in [-0.1, -0.05) is 0 Å². The van der Waals surface area contributed by atoms with Crippen LogP contribution < -0.4 is 0 Å². The van der Waals surface area contributed by atoms with Gasteiger partial charge in [0.1, 0.15) is 5.82 Å². The molecule has 4 heteroatoms. The molecule has 0 unspecified atom stereocenters. The van der Waals surface area contributed by atoms with Crippen molar-refractivity contribution < 1.29 is 14.3 Å². The number of carboxylic acid groups (broad SMARTS) is 1. The SMILES string of the molecule is O=C(O)C1(c2cc(F)ccc2I)CC1. The maximum atomic E-state index is 13.0. The van der Waals surface area contributed by atoms with Gasteiger partial charge in [-0.05, 0) is 59.2 Å². The van der Waals surface area contributed by atoms with Crippen molar-refractivity contribution in [2.45, 2.75) is 18.3 Å². The molecule has 0 aromatic heterocycles. The van der Waals surface area contributed by atoms with E-state index in [0.29, 0.717) is 18.4 Å². The first-order valence-corrected chi connectivity index (χ1v) is 5.33. The molecule has 0 heterocycles. The highest BCUT2D eigenvalue weighted by atomic mass is 127. The van der Waals surface area contributed by atoms with Crippen LogP contribution in [0, 0.1) is 9.39 Å². The molecule has 1 aromatic carbocycles. The lowest BCUT2D eigenvalue weighted by Crippen LogP contribution is -2.20. The van der Waals surface area contributed by atoms with Crippen molar-refractivity contribution >= 4 is 28.6 Å². The van der Waals surface area contributed by atoms with Gasteiger partial charge in [0.05, 0.1) is 5.41 Å². The minimum atomic E-state index is -0.846. The summed E-state index contributed by atoms with van der Waals surface area (Å²) < 4.78 is 13.8. The number of rotatable bonds is 2. The fourth-order valence-corrected chi connectivity index (χ4v) is 2.44. The van der Waals surface area contributed by atoms with Crippen molar-refractivity contribution in [3.63, 3.8) is 0 Å². The first-order chi connectivity index (χ1) is 6.56. The largest absolute Gasteiger partial charge is 0.481 e. The summed E-state index contributed by atoms with van der Waals surface area (Å²) in [4.78, 5) is 11.0. The molecule has 2 nitrogen and oxygen atoms in total. The minimum absolute atomic E-state index is 0.368. The lowest BCUT2D eigenvalue weighted by Gasteiger charge is -2.12. The van der Waals surface area contributed by atoms with Gasteiger partial charge in [0.2, 0.25) is 0 Å². The third-order valence-corrected chi connectivity index (χ3v) is 3.54. The molecule has 14 heavy (non-hydrogen) atoms. The molecule has 0 amide bonds. The molecule has 0 saturated heterocycles. The van der Waals surface area contributed by atoms with Gasteiger partial charge in [0.25, 0.3) is 0 Å². The quantitative estimate of drug-likeness (QED) is 0.853. The molecule has 1 aromatic rings. The molecule has 74 valence electrons. The second-order valence-corrected chi connectivity index (χ2v) is 4.67. The van der Waals surface area contributed by atoms with Crippen molar-refractivity contribution in [1.82, 2.24) is 0 Å². The van der Waals surface area contributed by atoms with Crippen molar-refractivity contribution in [2.24, 2.45) is 0 Å². The molecule has 1 aliphatic rings. The predicted octanol–water partition coefficient (Wildman–Crippen LogP) is 2.55. The zero-order valence-corrected chi connectivity index (χ0v) is 9.42. The Morgan fingerprint density at radius 3 is 2.64 bits per heavy atom. The predicted molar refractivity (Wildman–Crippen MR) is 57.7 cm³/mol. The van der Waals surface area contributed by atoms with Crippen LogP contribution in [0.2, 0.25) is 0 Å². The summed E-state index contributed by atoms with van der Waals surface area (Å²) in [5, 5.41) is 9.05. The van der Waals surface area contributed by atoms with Crippen LogP contribution in [-0.4, -0.2) is 11.1 Å². The van der Waals surface area contributed by atoms with Gasteiger partial charge in [0.15, 0.2) is 0 Å². The normalized spacial score (nSPS) is 17.9. The standard InChI is InChI=1S/C10H8FIO2/c11-6-1-2-8(12)7(5-6)10(3-4-10)9(13)14/h1-2,5H,3-4H2,(H,13,14). The van der Waals surface area contributed by atoms with Gasteiger partial charge < -0.3 is 5.11 Å². The lowest BCUT2D eigenvalue weighted by atomic mass is 9.96. The molecule has 0 radical (unpaired) electrons. The Bertz CT molecular complexity index is 399. The summed E-state index contributed by atoms with van der Waals surface area (Å²) >= 11 is 2.05. The molecule has 1 aliphatic carbocycles. The van der Waals surface area contributed by atoms with Gasteiger partial charge in [-0.2, -0.15) is 0 Å². The van der Waals surface area contributed by atoms with E-state index in [2.05, 4.69) is 0 Å². The van der Waals surface area contributed by atoms with Gasteiger partial charge in [0, 0.05) is 3.57 Å². The van der Waals surface area contributed by atoms with Gasteiger partial charge in [-0.25, -0.2) is 4.39 Å². The van der Waals surface area contributed by atoms with E-state index >= 15 is 0 Å². The third-order valence-electron chi connectivity index (χ3n) is 2.60. The second-order valence-electron chi connectivity index (χ2n) is 3.51. The zero-order valence-electron chi connectivity index (χ0n) is 7.26. The van der Waals surface area contributed by atoms with Crippen LogP contribution in [0.3, 0.4) is 0 Å². The summed E-state index contributed by atoms with van der Waals surface area (Å²) in [7, 11) is 0. The van der Waals surface area contributed by atoms with Gasteiger partial charge in [-0.15, -0.1) is 0 Å². The van der Waals surface area contributed by atoms with Crippen LogP contribution in [0.1, 0.15) is 18.4 Å². The van der Waals surface area contributed by atoms with E-state index in [1.807, 2.05) is 22.6 Å². The summed E-state index contributed by atoms with van der Waals surface area (Å²) in [5.74, 6) is -1.21. The Hall–Kier alpha value is -0.650. The van der Waals surface area contributed by atoms with E-state index in [4.69, 9.17) is 5.11 Å². The van der Waals surface area contributed by atoms with Crippen molar-refractivity contribution in [3.05, 3.63) is 33.1 Å². The number of hydrogen-bond acceptors (Lipinski definition) is 1. The summed E-state index contributed by atoms with van der Waals surface area (Å²) in [6.07, 6.45) is 1.23. The monoisotopic (exact) mass is 306 g/mol. The van der Waals surface area contributed by atoms with Crippen LogP contribution in [0.5, 0.6) is 0 Å². The van der Waals surface area contributed by atoms with Gasteiger partial charge in [-0.3, -0.25) is 4.79 Å². The van der Waals surface area contributed by atoms with Crippen LogP contribution in [-0.2, 0) is 10.2 Å². The van der Waals surface area contributed by atoms with Crippen molar-refractivity contribution in [3.8, 4) is 0 Å². The molecular formula is C10H8FIO2. The average Bonchev–Trinajstić information content (AvgIpc) is 2.90. The summed E-state index contributed by atoms with van der Waals surface area (Å²) in [6, 6.07) is 4.31. The van der Waals surface area contributed by atoms with E-state index in [1.165, 1.54) is 12.1 Å². The summed E-state index contributed by atoms with van der Waals surface area (Å²) in [6.45, 7) is 0. The van der Waals surface area contributed by atoms with Crippen molar-refractivity contribution in [1.29, 1.82) is 0 Å². The van der Waals surface area contributed by atoms with Gasteiger partial charge >= 0.3 is 5.97 Å². The highest BCUT2D eigenvalue weighted by molar-refractivity contribution is 14.1. The first-order valence-electron chi connectivity index (χ1n) is 4.25. The Morgan fingerprint density at radius 2 is 2.14 bits per heavy atom. The Labute approximate surface area is 94.3 Å².